The van der Waals surface area contributed by atoms with Gasteiger partial charge in [-0.05, 0) is 17.7 Å². The number of benzene rings is 1. The number of aliphatic imine (C=N–C) groups is 1. The van der Waals surface area contributed by atoms with Crippen LogP contribution in [0.5, 0.6) is 0 Å². The second-order valence-electron chi connectivity index (χ2n) is 3.57. The van der Waals surface area contributed by atoms with E-state index in [1.54, 1.807) is 24.3 Å². The number of hydrogen-bond donors (Lipinski definition) is 2. The summed E-state index contributed by atoms with van der Waals surface area (Å²) in [4.78, 5) is 25.8. The number of allylic oxidation sites excluding steroid dienone is 1. The van der Waals surface area contributed by atoms with Gasteiger partial charge in [0.25, 0.3) is 5.54 Å². The molecule has 0 aromatic heterocycles. The van der Waals surface area contributed by atoms with Crippen molar-refractivity contribution in [1.29, 1.82) is 0 Å². The van der Waals surface area contributed by atoms with E-state index in [2.05, 4.69) is 4.99 Å². The van der Waals surface area contributed by atoms with E-state index >= 15 is 0 Å². The molecule has 0 unspecified atom stereocenters. The molecule has 5 nitrogen and oxygen atoms in total. The molecule has 1 aromatic rings. The molecule has 5 heteroatoms. The lowest BCUT2D eigenvalue weighted by molar-refractivity contribution is -0.153. The molecule has 0 fully saturated rings. The van der Waals surface area contributed by atoms with Crippen LogP contribution in [0.15, 0.2) is 47.5 Å². The van der Waals surface area contributed by atoms with Crippen LogP contribution in [-0.4, -0.2) is 33.4 Å². The number of hydrogen-bond acceptors (Lipinski definition) is 3. The predicted octanol–water partition coefficient (Wildman–Crippen LogP) is 0.953. The summed E-state index contributed by atoms with van der Waals surface area (Å²) in [5.74, 6) is -2.99. The second-order valence-corrected chi connectivity index (χ2v) is 3.57. The summed E-state index contributed by atoms with van der Waals surface area (Å²) >= 11 is 0. The Morgan fingerprint density at radius 2 is 1.65 bits per heavy atom. The molecule has 0 bridgehead atoms. The van der Waals surface area contributed by atoms with Crippen LogP contribution in [0.1, 0.15) is 5.56 Å². The molecule has 2 rings (SSSR count). The van der Waals surface area contributed by atoms with E-state index in [0.29, 0.717) is 11.3 Å². The van der Waals surface area contributed by atoms with Gasteiger partial charge in [0.15, 0.2) is 0 Å². The standard InChI is InChI=1S/C12H9NO4/c14-10(15)12(11(16)17)7-6-9(13-12)8-4-2-1-3-5-8/h1-7H,(H,14,15)(H,16,17). The SMILES string of the molecule is O=C(O)C1(C(=O)O)C=CC(c2ccccc2)=N1. The minimum atomic E-state index is -2.19. The van der Waals surface area contributed by atoms with Gasteiger partial charge in [-0.25, -0.2) is 9.59 Å². The van der Waals surface area contributed by atoms with E-state index in [0.717, 1.165) is 6.08 Å². The molecule has 1 heterocycles. The Morgan fingerprint density at radius 1 is 1.06 bits per heavy atom. The molecule has 0 amide bonds. The van der Waals surface area contributed by atoms with Gasteiger partial charge in [-0.2, -0.15) is 0 Å². The average molecular weight is 231 g/mol. The van der Waals surface area contributed by atoms with Gasteiger partial charge >= 0.3 is 11.9 Å². The second kappa shape index (κ2) is 3.86. The molecule has 86 valence electrons. The van der Waals surface area contributed by atoms with Crippen molar-refractivity contribution in [2.45, 2.75) is 5.54 Å². The first-order valence-electron chi connectivity index (χ1n) is 4.87. The maximum atomic E-state index is 11.0. The fourth-order valence-electron chi connectivity index (χ4n) is 1.56. The predicted molar refractivity (Wildman–Crippen MR) is 60.1 cm³/mol. The minimum absolute atomic E-state index is 0.357. The van der Waals surface area contributed by atoms with Gasteiger partial charge in [0.2, 0.25) is 0 Å². The Morgan fingerprint density at radius 3 is 2.12 bits per heavy atom. The molecular formula is C12H9NO4. The van der Waals surface area contributed by atoms with E-state index in [4.69, 9.17) is 10.2 Å². The van der Waals surface area contributed by atoms with Crippen LogP contribution >= 0.6 is 0 Å². The zero-order chi connectivity index (χ0) is 12.5. The lowest BCUT2D eigenvalue weighted by Gasteiger charge is -2.12. The van der Waals surface area contributed by atoms with Gasteiger partial charge < -0.3 is 10.2 Å². The summed E-state index contributed by atoms with van der Waals surface area (Å²) in [7, 11) is 0. The summed E-state index contributed by atoms with van der Waals surface area (Å²) < 4.78 is 0. The highest BCUT2D eigenvalue weighted by molar-refractivity contribution is 6.18. The van der Waals surface area contributed by atoms with E-state index in [9.17, 15) is 9.59 Å². The first kappa shape index (κ1) is 11.1. The molecule has 0 spiro atoms. The summed E-state index contributed by atoms with van der Waals surface area (Å²) in [6.07, 6.45) is 2.50. The Hall–Kier alpha value is -2.43. The topological polar surface area (TPSA) is 87.0 Å². The fraction of sp³-hybridized carbons (Fsp3) is 0.0833. The summed E-state index contributed by atoms with van der Waals surface area (Å²) in [6.45, 7) is 0. The highest BCUT2D eigenvalue weighted by atomic mass is 16.4. The van der Waals surface area contributed by atoms with Crippen molar-refractivity contribution in [2.75, 3.05) is 0 Å². The van der Waals surface area contributed by atoms with Crippen molar-refractivity contribution in [2.24, 2.45) is 4.99 Å². The van der Waals surface area contributed by atoms with Gasteiger partial charge in [-0.3, -0.25) is 4.99 Å². The van der Waals surface area contributed by atoms with Gasteiger partial charge in [0, 0.05) is 0 Å². The number of aliphatic carboxylic acids is 2. The lowest BCUT2D eigenvalue weighted by atomic mass is 10.0. The highest BCUT2D eigenvalue weighted by Crippen LogP contribution is 2.23. The molecule has 1 aliphatic rings. The van der Waals surface area contributed by atoms with Crippen LogP contribution in [0.2, 0.25) is 0 Å². The first-order valence-corrected chi connectivity index (χ1v) is 4.87. The van der Waals surface area contributed by atoms with Crippen molar-refractivity contribution in [3.05, 3.63) is 48.0 Å². The van der Waals surface area contributed by atoms with Crippen LogP contribution in [0.4, 0.5) is 0 Å². The number of nitrogens with zero attached hydrogens (tertiary/aromatic N) is 1. The summed E-state index contributed by atoms with van der Waals surface area (Å²) in [5.41, 5.74) is -1.14. The maximum Gasteiger partial charge on any atom is 0.347 e. The normalized spacial score (nSPS) is 16.6. The van der Waals surface area contributed by atoms with Gasteiger partial charge in [-0.1, -0.05) is 30.3 Å². The zero-order valence-corrected chi connectivity index (χ0v) is 8.70. The van der Waals surface area contributed by atoms with Gasteiger partial charge in [0.1, 0.15) is 0 Å². The van der Waals surface area contributed by atoms with Crippen LogP contribution in [0.3, 0.4) is 0 Å². The monoisotopic (exact) mass is 231 g/mol. The molecule has 0 aliphatic carbocycles. The first-order chi connectivity index (χ1) is 8.06. The van der Waals surface area contributed by atoms with Crippen molar-refractivity contribution < 1.29 is 19.8 Å². The third-order valence-corrected chi connectivity index (χ3v) is 2.50. The molecule has 1 aliphatic heterocycles. The van der Waals surface area contributed by atoms with E-state index in [-0.39, 0.29) is 0 Å². The van der Waals surface area contributed by atoms with Crippen molar-refractivity contribution >= 4 is 17.7 Å². The van der Waals surface area contributed by atoms with Crippen LogP contribution < -0.4 is 0 Å². The quantitative estimate of drug-likeness (QED) is 0.758. The summed E-state index contributed by atoms with van der Waals surface area (Å²) in [6, 6.07) is 8.83. The fourth-order valence-corrected chi connectivity index (χ4v) is 1.56. The average Bonchev–Trinajstić information content (AvgIpc) is 2.76. The third kappa shape index (κ3) is 1.71. The zero-order valence-electron chi connectivity index (χ0n) is 8.70. The van der Waals surface area contributed by atoms with E-state index < -0.39 is 17.5 Å². The number of carbonyl (C=O) groups is 2. The molecule has 0 saturated heterocycles. The molecular weight excluding hydrogens is 222 g/mol. The van der Waals surface area contributed by atoms with E-state index in [1.807, 2.05) is 6.07 Å². The molecule has 1 aromatic carbocycles. The number of rotatable bonds is 3. The third-order valence-electron chi connectivity index (χ3n) is 2.50. The number of carboxylic acid groups (broad SMARTS) is 2. The van der Waals surface area contributed by atoms with Gasteiger partial charge in [-0.15, -0.1) is 0 Å². The Balaban J connectivity index is 2.47. The molecule has 2 N–H and O–H groups in total. The minimum Gasteiger partial charge on any atom is -0.479 e. The maximum absolute atomic E-state index is 11.0. The molecule has 17 heavy (non-hydrogen) atoms. The molecule has 0 radical (unpaired) electrons. The molecule has 0 saturated carbocycles. The van der Waals surface area contributed by atoms with Gasteiger partial charge in [0.05, 0.1) is 5.71 Å². The number of carboxylic acids is 2. The Bertz CT molecular complexity index is 517. The highest BCUT2D eigenvalue weighted by Gasteiger charge is 2.46. The smallest absolute Gasteiger partial charge is 0.347 e. The summed E-state index contributed by atoms with van der Waals surface area (Å²) in [5, 5.41) is 17.9. The Kier molecular flexibility index (Phi) is 2.51. The van der Waals surface area contributed by atoms with Crippen LogP contribution in [-0.2, 0) is 9.59 Å². The van der Waals surface area contributed by atoms with Crippen molar-refractivity contribution in [1.82, 2.24) is 0 Å². The van der Waals surface area contributed by atoms with Crippen LogP contribution in [0.25, 0.3) is 0 Å². The lowest BCUT2D eigenvalue weighted by Crippen LogP contribution is -2.42. The Labute approximate surface area is 96.7 Å². The van der Waals surface area contributed by atoms with Crippen LogP contribution in [0, 0.1) is 0 Å². The van der Waals surface area contributed by atoms with Crippen molar-refractivity contribution in [3.8, 4) is 0 Å². The van der Waals surface area contributed by atoms with Crippen molar-refractivity contribution in [3.63, 3.8) is 0 Å². The largest absolute Gasteiger partial charge is 0.479 e. The molecule has 0 atom stereocenters. The van der Waals surface area contributed by atoms with E-state index in [1.165, 1.54) is 6.08 Å².